The predicted octanol–water partition coefficient (Wildman–Crippen LogP) is 4.48. The van der Waals surface area contributed by atoms with Gasteiger partial charge in [0.2, 0.25) is 0 Å². The molecule has 25 heavy (non-hydrogen) atoms. The van der Waals surface area contributed by atoms with Crippen LogP contribution in [0.15, 0.2) is 53.3 Å². The SMILES string of the molecule is CCN(C(=O)COc1ccc(Cl)c2cccnc12)c1ccc(Br)cn1. The van der Waals surface area contributed by atoms with E-state index in [2.05, 4.69) is 25.9 Å². The molecule has 2 aromatic heterocycles. The van der Waals surface area contributed by atoms with Gasteiger partial charge in [-0.2, -0.15) is 0 Å². The van der Waals surface area contributed by atoms with Gasteiger partial charge in [-0.1, -0.05) is 11.6 Å². The van der Waals surface area contributed by atoms with E-state index in [0.29, 0.717) is 28.7 Å². The maximum absolute atomic E-state index is 12.5. The quantitative estimate of drug-likeness (QED) is 0.611. The number of nitrogens with zero attached hydrogens (tertiary/aromatic N) is 3. The fourth-order valence-corrected chi connectivity index (χ4v) is 2.89. The number of ether oxygens (including phenoxy) is 1. The number of carbonyl (C=O) groups is 1. The molecule has 0 saturated heterocycles. The van der Waals surface area contributed by atoms with E-state index in [1.807, 2.05) is 19.1 Å². The monoisotopic (exact) mass is 419 g/mol. The standard InChI is InChI=1S/C18H15BrClN3O2/c1-2-23(16-8-5-12(19)10-22-16)17(24)11-25-15-7-6-14(20)13-4-3-9-21-18(13)15/h3-10H,2,11H2,1H3. The summed E-state index contributed by atoms with van der Waals surface area (Å²) in [7, 11) is 0. The van der Waals surface area contributed by atoms with Gasteiger partial charge in [0.25, 0.3) is 5.91 Å². The normalized spacial score (nSPS) is 10.7. The van der Waals surface area contributed by atoms with Crippen LogP contribution in [0.25, 0.3) is 10.9 Å². The molecule has 1 aromatic carbocycles. The lowest BCUT2D eigenvalue weighted by Gasteiger charge is -2.20. The van der Waals surface area contributed by atoms with E-state index >= 15 is 0 Å². The van der Waals surface area contributed by atoms with Gasteiger partial charge < -0.3 is 4.74 Å². The molecule has 0 aliphatic carbocycles. The van der Waals surface area contributed by atoms with Crippen molar-refractivity contribution in [1.82, 2.24) is 9.97 Å². The van der Waals surface area contributed by atoms with Crippen LogP contribution in [0.2, 0.25) is 5.02 Å². The van der Waals surface area contributed by atoms with Gasteiger partial charge in [-0.15, -0.1) is 0 Å². The predicted molar refractivity (Wildman–Crippen MR) is 102 cm³/mol. The third-order valence-corrected chi connectivity index (χ3v) is 4.43. The Morgan fingerprint density at radius 1 is 1.24 bits per heavy atom. The molecule has 0 atom stereocenters. The van der Waals surface area contributed by atoms with Gasteiger partial charge in [0.1, 0.15) is 17.1 Å². The van der Waals surface area contributed by atoms with Crippen molar-refractivity contribution in [1.29, 1.82) is 0 Å². The van der Waals surface area contributed by atoms with Gasteiger partial charge in [0.05, 0.1) is 5.02 Å². The Balaban J connectivity index is 1.78. The molecule has 0 N–H and O–H groups in total. The minimum atomic E-state index is -0.184. The lowest BCUT2D eigenvalue weighted by atomic mass is 10.2. The molecule has 2 heterocycles. The number of amides is 1. The number of likely N-dealkylation sites (N-methyl/N-ethyl adjacent to an activating group) is 1. The number of pyridine rings is 2. The zero-order valence-corrected chi connectivity index (χ0v) is 15.8. The van der Waals surface area contributed by atoms with Gasteiger partial charge in [-0.25, -0.2) is 4.98 Å². The van der Waals surface area contributed by atoms with Crippen LogP contribution < -0.4 is 9.64 Å². The zero-order chi connectivity index (χ0) is 17.8. The summed E-state index contributed by atoms with van der Waals surface area (Å²) in [5.74, 6) is 0.919. The van der Waals surface area contributed by atoms with Crippen molar-refractivity contribution in [3.05, 3.63) is 58.3 Å². The van der Waals surface area contributed by atoms with E-state index in [-0.39, 0.29) is 12.5 Å². The summed E-state index contributed by atoms with van der Waals surface area (Å²) in [4.78, 5) is 22.7. The number of hydrogen-bond acceptors (Lipinski definition) is 4. The number of rotatable bonds is 5. The number of benzene rings is 1. The first-order chi connectivity index (χ1) is 12.1. The molecule has 0 spiro atoms. The Morgan fingerprint density at radius 2 is 2.08 bits per heavy atom. The number of carbonyl (C=O) groups excluding carboxylic acids is 1. The summed E-state index contributed by atoms with van der Waals surface area (Å²) >= 11 is 9.51. The molecule has 0 unspecified atom stereocenters. The highest BCUT2D eigenvalue weighted by Gasteiger charge is 2.17. The molecule has 128 valence electrons. The molecule has 0 radical (unpaired) electrons. The van der Waals surface area contributed by atoms with Gasteiger partial charge in [-0.3, -0.25) is 14.7 Å². The molecule has 0 fully saturated rings. The second-order valence-corrected chi connectivity index (χ2v) is 6.53. The average Bonchev–Trinajstić information content (AvgIpc) is 2.63. The second-order valence-electron chi connectivity index (χ2n) is 5.21. The lowest BCUT2D eigenvalue weighted by Crippen LogP contribution is -2.35. The molecule has 7 heteroatoms. The Bertz CT molecular complexity index is 902. The summed E-state index contributed by atoms with van der Waals surface area (Å²) < 4.78 is 6.57. The summed E-state index contributed by atoms with van der Waals surface area (Å²) in [5.41, 5.74) is 0.632. The maximum Gasteiger partial charge on any atom is 0.266 e. The fourth-order valence-electron chi connectivity index (χ4n) is 2.44. The Morgan fingerprint density at radius 3 is 2.80 bits per heavy atom. The maximum atomic E-state index is 12.5. The van der Waals surface area contributed by atoms with Crippen LogP contribution in [0.1, 0.15) is 6.92 Å². The molecule has 3 rings (SSSR count). The van der Waals surface area contributed by atoms with Crippen molar-refractivity contribution in [3.63, 3.8) is 0 Å². The molecule has 0 aliphatic heterocycles. The first-order valence-corrected chi connectivity index (χ1v) is 8.85. The van der Waals surface area contributed by atoms with Gasteiger partial charge in [0, 0.05) is 28.8 Å². The van der Waals surface area contributed by atoms with Gasteiger partial charge in [0.15, 0.2) is 6.61 Å². The first kappa shape index (κ1) is 17.6. The molecular formula is C18H15BrClN3O2. The minimum absolute atomic E-state index is 0.112. The third kappa shape index (κ3) is 3.91. The Labute approximate surface area is 158 Å². The van der Waals surface area contributed by atoms with E-state index in [9.17, 15) is 4.79 Å². The summed E-state index contributed by atoms with van der Waals surface area (Å²) in [6.45, 7) is 2.27. The molecule has 1 amide bonds. The van der Waals surface area contributed by atoms with E-state index < -0.39 is 0 Å². The van der Waals surface area contributed by atoms with Crippen molar-refractivity contribution in [2.24, 2.45) is 0 Å². The summed E-state index contributed by atoms with van der Waals surface area (Å²) in [6, 6.07) is 10.8. The number of hydrogen-bond donors (Lipinski definition) is 0. The van der Waals surface area contributed by atoms with Crippen molar-refractivity contribution < 1.29 is 9.53 Å². The smallest absolute Gasteiger partial charge is 0.266 e. The minimum Gasteiger partial charge on any atom is -0.481 e. The highest BCUT2D eigenvalue weighted by Crippen LogP contribution is 2.29. The second kappa shape index (κ2) is 7.80. The number of halogens is 2. The molecule has 0 bridgehead atoms. The molecule has 0 aliphatic rings. The van der Waals surface area contributed by atoms with Crippen molar-refractivity contribution >= 4 is 50.2 Å². The molecule has 0 saturated carbocycles. The largest absolute Gasteiger partial charge is 0.481 e. The van der Waals surface area contributed by atoms with Crippen LogP contribution in [0.5, 0.6) is 5.75 Å². The molecule has 5 nitrogen and oxygen atoms in total. The van der Waals surface area contributed by atoms with Crippen molar-refractivity contribution in [2.45, 2.75) is 6.92 Å². The van der Waals surface area contributed by atoms with Crippen LogP contribution in [0, 0.1) is 0 Å². The van der Waals surface area contributed by atoms with E-state index in [1.54, 1.807) is 41.6 Å². The topological polar surface area (TPSA) is 55.3 Å². The number of anilines is 1. The Kier molecular flexibility index (Phi) is 5.50. The van der Waals surface area contributed by atoms with Crippen LogP contribution in [-0.4, -0.2) is 29.0 Å². The van der Waals surface area contributed by atoms with Crippen LogP contribution in [0.3, 0.4) is 0 Å². The zero-order valence-electron chi connectivity index (χ0n) is 13.4. The lowest BCUT2D eigenvalue weighted by molar-refractivity contribution is -0.120. The van der Waals surface area contributed by atoms with Crippen LogP contribution >= 0.6 is 27.5 Å². The van der Waals surface area contributed by atoms with E-state index in [0.717, 1.165) is 9.86 Å². The average molecular weight is 421 g/mol. The third-order valence-electron chi connectivity index (χ3n) is 3.64. The van der Waals surface area contributed by atoms with Gasteiger partial charge >= 0.3 is 0 Å². The highest BCUT2D eigenvalue weighted by atomic mass is 79.9. The fraction of sp³-hybridized carbons (Fsp3) is 0.167. The first-order valence-electron chi connectivity index (χ1n) is 7.68. The summed E-state index contributed by atoms with van der Waals surface area (Å²) in [6.07, 6.45) is 3.32. The number of aromatic nitrogens is 2. The molecule has 3 aromatic rings. The Hall–Kier alpha value is -2.18. The van der Waals surface area contributed by atoms with Crippen molar-refractivity contribution in [3.8, 4) is 5.75 Å². The molecular weight excluding hydrogens is 406 g/mol. The van der Waals surface area contributed by atoms with E-state index in [4.69, 9.17) is 16.3 Å². The highest BCUT2D eigenvalue weighted by molar-refractivity contribution is 9.10. The van der Waals surface area contributed by atoms with Gasteiger partial charge in [-0.05, 0) is 59.3 Å². The van der Waals surface area contributed by atoms with Crippen molar-refractivity contribution in [2.75, 3.05) is 18.1 Å². The van der Waals surface area contributed by atoms with E-state index in [1.165, 1.54) is 0 Å². The van der Waals surface area contributed by atoms with Crippen LogP contribution in [0.4, 0.5) is 5.82 Å². The van der Waals surface area contributed by atoms with Crippen LogP contribution in [-0.2, 0) is 4.79 Å². The summed E-state index contributed by atoms with van der Waals surface area (Å²) in [5, 5.41) is 1.38. The number of fused-ring (bicyclic) bond motifs is 1.